The van der Waals surface area contributed by atoms with Crippen LogP contribution in [-0.2, 0) is 4.79 Å². The topological polar surface area (TPSA) is 54.0 Å². The largest absolute Gasteiger partial charge is 0.325 e. The molecular formula is C11H16ClN3O. The van der Waals surface area contributed by atoms with E-state index in [1.165, 1.54) is 6.20 Å². The van der Waals surface area contributed by atoms with E-state index < -0.39 is 0 Å². The first-order valence-corrected chi connectivity index (χ1v) is 5.60. The molecule has 0 saturated heterocycles. The van der Waals surface area contributed by atoms with Gasteiger partial charge in [0.25, 0.3) is 0 Å². The number of carbonyl (C=O) groups is 1. The molecule has 5 heteroatoms. The second kappa shape index (κ2) is 6.45. The Kier molecular flexibility index (Phi) is 5.22. The lowest BCUT2D eigenvalue weighted by molar-refractivity contribution is -0.116. The number of aromatic nitrogens is 1. The first-order valence-electron chi connectivity index (χ1n) is 5.22. The third-order valence-corrected chi connectivity index (χ3v) is 2.14. The molecule has 0 spiro atoms. The Bertz CT molecular complexity index is 338. The fourth-order valence-electron chi connectivity index (χ4n) is 1.15. The summed E-state index contributed by atoms with van der Waals surface area (Å²) in [5.41, 5.74) is 0.666. The van der Waals surface area contributed by atoms with E-state index in [1.54, 1.807) is 12.1 Å². The average molecular weight is 242 g/mol. The van der Waals surface area contributed by atoms with Gasteiger partial charge >= 0.3 is 0 Å². The molecule has 0 aliphatic heterocycles. The molecule has 1 amide bonds. The summed E-state index contributed by atoms with van der Waals surface area (Å²) in [4.78, 5) is 15.3. The Hall–Kier alpha value is -1.13. The smallest absolute Gasteiger partial charge is 0.225 e. The lowest BCUT2D eigenvalue weighted by Crippen LogP contribution is -2.27. The minimum atomic E-state index is -0.0303. The van der Waals surface area contributed by atoms with Crippen LogP contribution >= 0.6 is 11.6 Å². The molecule has 0 aliphatic carbocycles. The van der Waals surface area contributed by atoms with Gasteiger partial charge in [0.05, 0.1) is 11.9 Å². The third kappa shape index (κ3) is 5.09. The quantitative estimate of drug-likeness (QED) is 0.776. The molecule has 0 bridgehead atoms. The lowest BCUT2D eigenvalue weighted by atomic mass is 10.3. The standard InChI is InChI=1S/C11H16ClN3O/c1-8(2)13-6-5-11(16)15-9-3-4-10(12)14-7-9/h3-4,7-8,13H,5-6H2,1-2H3,(H,15,16). The zero-order valence-corrected chi connectivity index (χ0v) is 10.2. The number of pyridine rings is 1. The van der Waals surface area contributed by atoms with E-state index in [2.05, 4.69) is 15.6 Å². The van der Waals surface area contributed by atoms with Crippen molar-refractivity contribution in [3.63, 3.8) is 0 Å². The maximum Gasteiger partial charge on any atom is 0.225 e. The first kappa shape index (κ1) is 12.9. The summed E-state index contributed by atoms with van der Waals surface area (Å²) < 4.78 is 0. The van der Waals surface area contributed by atoms with E-state index in [-0.39, 0.29) is 5.91 Å². The molecule has 16 heavy (non-hydrogen) atoms. The van der Waals surface area contributed by atoms with Gasteiger partial charge in [-0.15, -0.1) is 0 Å². The second-order valence-electron chi connectivity index (χ2n) is 3.78. The second-order valence-corrected chi connectivity index (χ2v) is 4.16. The normalized spacial score (nSPS) is 10.5. The van der Waals surface area contributed by atoms with Gasteiger partial charge in [-0.2, -0.15) is 0 Å². The van der Waals surface area contributed by atoms with Crippen molar-refractivity contribution in [2.75, 3.05) is 11.9 Å². The third-order valence-electron chi connectivity index (χ3n) is 1.92. The zero-order valence-electron chi connectivity index (χ0n) is 9.46. The maximum absolute atomic E-state index is 11.5. The SMILES string of the molecule is CC(C)NCCC(=O)Nc1ccc(Cl)nc1. The molecular weight excluding hydrogens is 226 g/mol. The van der Waals surface area contributed by atoms with Crippen LogP contribution in [0.1, 0.15) is 20.3 Å². The van der Waals surface area contributed by atoms with Gasteiger partial charge in [-0.25, -0.2) is 4.98 Å². The van der Waals surface area contributed by atoms with Gasteiger partial charge in [0.15, 0.2) is 0 Å². The van der Waals surface area contributed by atoms with Gasteiger partial charge in [0.2, 0.25) is 5.91 Å². The van der Waals surface area contributed by atoms with Crippen molar-refractivity contribution >= 4 is 23.2 Å². The summed E-state index contributed by atoms with van der Waals surface area (Å²) in [6, 6.07) is 3.76. The van der Waals surface area contributed by atoms with Gasteiger partial charge < -0.3 is 10.6 Å². The minimum absolute atomic E-state index is 0.0303. The molecule has 0 aliphatic rings. The fourth-order valence-corrected chi connectivity index (χ4v) is 1.26. The highest BCUT2D eigenvalue weighted by Gasteiger charge is 2.02. The molecule has 0 aromatic carbocycles. The van der Waals surface area contributed by atoms with Crippen LogP contribution in [0.25, 0.3) is 0 Å². The lowest BCUT2D eigenvalue weighted by Gasteiger charge is -2.08. The summed E-state index contributed by atoms with van der Waals surface area (Å²) in [7, 11) is 0. The molecule has 1 heterocycles. The van der Waals surface area contributed by atoms with Crippen LogP contribution in [0.2, 0.25) is 5.15 Å². The number of anilines is 1. The number of rotatable bonds is 5. The van der Waals surface area contributed by atoms with Gasteiger partial charge in [-0.05, 0) is 12.1 Å². The van der Waals surface area contributed by atoms with Gasteiger partial charge in [-0.1, -0.05) is 25.4 Å². The van der Waals surface area contributed by atoms with Crippen LogP contribution in [0.3, 0.4) is 0 Å². The highest BCUT2D eigenvalue weighted by molar-refractivity contribution is 6.29. The average Bonchev–Trinajstić information content (AvgIpc) is 2.21. The molecule has 1 aromatic rings. The number of hydrogen-bond donors (Lipinski definition) is 2. The summed E-state index contributed by atoms with van der Waals surface area (Å²) >= 11 is 5.63. The molecule has 1 aromatic heterocycles. The number of carbonyl (C=O) groups excluding carboxylic acids is 1. The number of nitrogens with zero attached hydrogens (tertiary/aromatic N) is 1. The molecule has 1 rings (SSSR count). The molecule has 0 atom stereocenters. The molecule has 0 fully saturated rings. The molecule has 0 unspecified atom stereocenters. The van der Waals surface area contributed by atoms with Crippen LogP contribution < -0.4 is 10.6 Å². The number of nitrogens with one attached hydrogen (secondary N) is 2. The van der Waals surface area contributed by atoms with Crippen molar-refractivity contribution in [3.8, 4) is 0 Å². The van der Waals surface area contributed by atoms with Crippen LogP contribution in [0.5, 0.6) is 0 Å². The zero-order chi connectivity index (χ0) is 12.0. The Balaban J connectivity index is 2.31. The summed E-state index contributed by atoms with van der Waals surface area (Å²) in [6.07, 6.45) is 1.98. The van der Waals surface area contributed by atoms with Crippen molar-refractivity contribution in [1.82, 2.24) is 10.3 Å². The number of halogens is 1. The Morgan fingerprint density at radius 1 is 1.50 bits per heavy atom. The van der Waals surface area contributed by atoms with E-state index in [0.717, 1.165) is 0 Å². The van der Waals surface area contributed by atoms with Crippen LogP contribution in [0, 0.1) is 0 Å². The highest BCUT2D eigenvalue weighted by Crippen LogP contribution is 2.09. The monoisotopic (exact) mass is 241 g/mol. The Labute approximate surface area is 100 Å². The predicted octanol–water partition coefficient (Wildman–Crippen LogP) is 2.06. The number of hydrogen-bond acceptors (Lipinski definition) is 3. The van der Waals surface area contributed by atoms with E-state index >= 15 is 0 Å². The van der Waals surface area contributed by atoms with E-state index in [0.29, 0.717) is 29.8 Å². The summed E-state index contributed by atoms with van der Waals surface area (Å²) in [5.74, 6) is -0.0303. The first-order chi connectivity index (χ1) is 7.58. The van der Waals surface area contributed by atoms with E-state index in [1.807, 2.05) is 13.8 Å². The Morgan fingerprint density at radius 3 is 2.81 bits per heavy atom. The van der Waals surface area contributed by atoms with Gasteiger partial charge in [-0.3, -0.25) is 4.79 Å². The van der Waals surface area contributed by atoms with Crippen molar-refractivity contribution < 1.29 is 4.79 Å². The summed E-state index contributed by atoms with van der Waals surface area (Å²) in [6.45, 7) is 4.76. The van der Waals surface area contributed by atoms with Gasteiger partial charge in [0.1, 0.15) is 5.15 Å². The maximum atomic E-state index is 11.5. The van der Waals surface area contributed by atoms with Crippen LogP contribution in [-0.4, -0.2) is 23.5 Å². The fraction of sp³-hybridized carbons (Fsp3) is 0.455. The van der Waals surface area contributed by atoms with Crippen molar-refractivity contribution in [3.05, 3.63) is 23.5 Å². The van der Waals surface area contributed by atoms with Crippen molar-refractivity contribution in [2.45, 2.75) is 26.3 Å². The molecule has 2 N–H and O–H groups in total. The summed E-state index contributed by atoms with van der Waals surface area (Å²) in [5, 5.41) is 6.33. The van der Waals surface area contributed by atoms with Crippen molar-refractivity contribution in [2.24, 2.45) is 0 Å². The molecule has 4 nitrogen and oxygen atoms in total. The molecule has 0 saturated carbocycles. The van der Waals surface area contributed by atoms with Gasteiger partial charge in [0, 0.05) is 19.0 Å². The number of amides is 1. The minimum Gasteiger partial charge on any atom is -0.325 e. The molecule has 0 radical (unpaired) electrons. The molecule has 88 valence electrons. The van der Waals surface area contributed by atoms with Crippen LogP contribution in [0.4, 0.5) is 5.69 Å². The van der Waals surface area contributed by atoms with E-state index in [4.69, 9.17) is 11.6 Å². The van der Waals surface area contributed by atoms with Crippen molar-refractivity contribution in [1.29, 1.82) is 0 Å². The Morgan fingerprint density at radius 2 is 2.25 bits per heavy atom. The highest BCUT2D eigenvalue weighted by atomic mass is 35.5. The van der Waals surface area contributed by atoms with Crippen LogP contribution in [0.15, 0.2) is 18.3 Å². The van der Waals surface area contributed by atoms with E-state index in [9.17, 15) is 4.79 Å². The predicted molar refractivity (Wildman–Crippen MR) is 65.6 cm³/mol.